The first-order valence-corrected chi connectivity index (χ1v) is 6.72. The molecule has 1 N–H and O–H groups in total. The molecule has 17 heavy (non-hydrogen) atoms. The summed E-state index contributed by atoms with van der Waals surface area (Å²) in [4.78, 5) is 5.63. The quantitative estimate of drug-likeness (QED) is 0.711. The van der Waals surface area contributed by atoms with E-state index in [0.717, 1.165) is 23.7 Å². The van der Waals surface area contributed by atoms with E-state index >= 15 is 0 Å². The lowest BCUT2D eigenvalue weighted by Gasteiger charge is -2.27. The predicted octanol–water partition coefficient (Wildman–Crippen LogP) is 2.54. The van der Waals surface area contributed by atoms with E-state index in [2.05, 4.69) is 39.1 Å². The summed E-state index contributed by atoms with van der Waals surface area (Å²) in [6.45, 7) is 4.28. The molecule has 1 aliphatic heterocycles. The fourth-order valence-electron chi connectivity index (χ4n) is 2.41. The Hall–Kier alpha value is -1.39. The highest BCUT2D eigenvalue weighted by molar-refractivity contribution is 7.23. The number of rotatable bonds is 1. The Labute approximate surface area is 103 Å². The minimum absolute atomic E-state index is 0.704. The molecule has 1 saturated heterocycles. The molecule has 4 heteroatoms. The van der Waals surface area contributed by atoms with E-state index in [1.54, 1.807) is 11.3 Å². The zero-order valence-electron chi connectivity index (χ0n) is 9.60. The van der Waals surface area contributed by atoms with Gasteiger partial charge in [0.15, 0.2) is 4.96 Å². The molecule has 0 atom stereocenters. The normalized spacial score (nSPS) is 16.8. The number of benzene rings is 1. The van der Waals surface area contributed by atoms with E-state index in [-0.39, 0.29) is 0 Å². The summed E-state index contributed by atoms with van der Waals surface area (Å²) in [6.07, 6.45) is 2.11. The Morgan fingerprint density at radius 2 is 2.29 bits per heavy atom. The van der Waals surface area contributed by atoms with Gasteiger partial charge in [0.05, 0.1) is 15.9 Å². The molecule has 4 rings (SSSR count). The lowest BCUT2D eigenvalue weighted by molar-refractivity contribution is 0.449. The minimum atomic E-state index is 0.704. The van der Waals surface area contributed by atoms with Gasteiger partial charge in [-0.05, 0) is 24.6 Å². The molecule has 2 aromatic heterocycles. The van der Waals surface area contributed by atoms with Crippen LogP contribution in [0.25, 0.3) is 15.2 Å². The van der Waals surface area contributed by atoms with Crippen molar-refractivity contribution in [3.8, 4) is 0 Å². The number of aromatic nitrogens is 2. The van der Waals surface area contributed by atoms with E-state index < -0.39 is 0 Å². The molecule has 3 heterocycles. The Bertz CT molecular complexity index is 706. The summed E-state index contributed by atoms with van der Waals surface area (Å²) in [5.74, 6) is 0.704. The van der Waals surface area contributed by atoms with E-state index in [4.69, 9.17) is 0 Å². The maximum atomic E-state index is 4.53. The van der Waals surface area contributed by atoms with Crippen LogP contribution < -0.4 is 5.32 Å². The number of nitrogens with zero attached hydrogens (tertiary/aromatic N) is 2. The van der Waals surface area contributed by atoms with Crippen molar-refractivity contribution >= 4 is 26.5 Å². The zero-order chi connectivity index (χ0) is 11.4. The number of thiazole rings is 1. The Morgan fingerprint density at radius 3 is 3.06 bits per heavy atom. The fraction of sp³-hybridized carbons (Fsp3) is 0.308. The zero-order valence-corrected chi connectivity index (χ0v) is 10.4. The van der Waals surface area contributed by atoms with Crippen molar-refractivity contribution in [3.63, 3.8) is 0 Å². The van der Waals surface area contributed by atoms with Crippen LogP contribution in [0.4, 0.5) is 0 Å². The highest BCUT2D eigenvalue weighted by atomic mass is 32.1. The molecule has 86 valence electrons. The van der Waals surface area contributed by atoms with Gasteiger partial charge in [-0.25, -0.2) is 4.98 Å². The summed E-state index contributed by atoms with van der Waals surface area (Å²) in [5, 5.41) is 3.32. The minimum Gasteiger partial charge on any atom is -0.315 e. The third-order valence-corrected chi connectivity index (χ3v) is 4.51. The molecule has 0 spiro atoms. The molecule has 0 saturated carbocycles. The van der Waals surface area contributed by atoms with Crippen LogP contribution in [-0.2, 0) is 0 Å². The summed E-state index contributed by atoms with van der Waals surface area (Å²) >= 11 is 1.78. The maximum Gasteiger partial charge on any atom is 0.194 e. The van der Waals surface area contributed by atoms with Gasteiger partial charge in [0.25, 0.3) is 0 Å². The van der Waals surface area contributed by atoms with Gasteiger partial charge in [-0.15, -0.1) is 0 Å². The highest BCUT2D eigenvalue weighted by Crippen LogP contribution is 2.30. The van der Waals surface area contributed by atoms with Crippen molar-refractivity contribution in [2.24, 2.45) is 0 Å². The maximum absolute atomic E-state index is 4.53. The predicted molar refractivity (Wildman–Crippen MR) is 70.9 cm³/mol. The van der Waals surface area contributed by atoms with Crippen molar-refractivity contribution in [1.29, 1.82) is 0 Å². The number of imidazole rings is 1. The monoisotopic (exact) mass is 243 g/mol. The first-order valence-electron chi connectivity index (χ1n) is 5.90. The van der Waals surface area contributed by atoms with Crippen molar-refractivity contribution in [1.82, 2.24) is 14.7 Å². The van der Waals surface area contributed by atoms with Crippen LogP contribution in [0.1, 0.15) is 17.2 Å². The van der Waals surface area contributed by atoms with Crippen molar-refractivity contribution in [2.45, 2.75) is 12.8 Å². The van der Waals surface area contributed by atoms with E-state index in [1.807, 2.05) is 6.92 Å². The Kier molecular flexibility index (Phi) is 1.87. The number of hydrogen-bond donors (Lipinski definition) is 1. The van der Waals surface area contributed by atoms with Crippen LogP contribution in [-0.4, -0.2) is 22.5 Å². The van der Waals surface area contributed by atoms with Gasteiger partial charge in [0.2, 0.25) is 0 Å². The molecule has 0 aliphatic carbocycles. The lowest BCUT2D eigenvalue weighted by Crippen LogP contribution is -2.39. The van der Waals surface area contributed by atoms with Gasteiger partial charge in [-0.2, -0.15) is 0 Å². The first-order chi connectivity index (χ1) is 8.31. The number of fused-ring (bicyclic) bond motifs is 3. The third kappa shape index (κ3) is 1.34. The smallest absolute Gasteiger partial charge is 0.194 e. The number of hydrogen-bond acceptors (Lipinski definition) is 3. The van der Waals surface area contributed by atoms with Gasteiger partial charge >= 0.3 is 0 Å². The Balaban J connectivity index is 1.94. The fourth-order valence-corrected chi connectivity index (χ4v) is 3.51. The summed E-state index contributed by atoms with van der Waals surface area (Å²) in [6, 6.07) is 6.82. The SMILES string of the molecule is Cc1cn2c(n1)sc1cc(C3CNC3)ccc12. The van der Waals surface area contributed by atoms with Crippen LogP contribution in [0.15, 0.2) is 24.4 Å². The molecular formula is C13H13N3S. The van der Waals surface area contributed by atoms with Gasteiger partial charge in [-0.1, -0.05) is 17.4 Å². The molecule has 1 fully saturated rings. The second-order valence-electron chi connectivity index (χ2n) is 4.72. The topological polar surface area (TPSA) is 29.3 Å². The van der Waals surface area contributed by atoms with E-state index in [0.29, 0.717) is 5.92 Å². The average molecular weight is 243 g/mol. The number of nitrogens with one attached hydrogen (secondary N) is 1. The molecule has 1 aliphatic rings. The summed E-state index contributed by atoms with van der Waals surface area (Å²) < 4.78 is 3.54. The average Bonchev–Trinajstić information content (AvgIpc) is 2.70. The molecule has 0 radical (unpaired) electrons. The van der Waals surface area contributed by atoms with Gasteiger partial charge in [0, 0.05) is 25.2 Å². The van der Waals surface area contributed by atoms with Gasteiger partial charge in [-0.3, -0.25) is 4.40 Å². The molecule has 1 aromatic carbocycles. The molecule has 3 nitrogen and oxygen atoms in total. The lowest BCUT2D eigenvalue weighted by atomic mass is 9.94. The Morgan fingerprint density at radius 1 is 1.41 bits per heavy atom. The van der Waals surface area contributed by atoms with E-state index in [9.17, 15) is 0 Å². The number of aryl methyl sites for hydroxylation is 1. The standard InChI is InChI=1S/C13H13N3S/c1-8-7-16-11-3-2-9(10-5-14-6-10)4-12(11)17-13(16)15-8/h2-4,7,10,14H,5-6H2,1H3. The second-order valence-corrected chi connectivity index (χ2v) is 5.73. The first kappa shape index (κ1) is 9.62. The van der Waals surface area contributed by atoms with Crippen LogP contribution >= 0.6 is 11.3 Å². The van der Waals surface area contributed by atoms with Gasteiger partial charge < -0.3 is 5.32 Å². The molecular weight excluding hydrogens is 230 g/mol. The van der Waals surface area contributed by atoms with Gasteiger partial charge in [0.1, 0.15) is 0 Å². The second kappa shape index (κ2) is 3.31. The third-order valence-electron chi connectivity index (χ3n) is 3.49. The van der Waals surface area contributed by atoms with Crippen LogP contribution in [0.5, 0.6) is 0 Å². The largest absolute Gasteiger partial charge is 0.315 e. The summed E-state index contributed by atoms with van der Waals surface area (Å²) in [7, 11) is 0. The van der Waals surface area contributed by atoms with Crippen LogP contribution in [0, 0.1) is 6.92 Å². The van der Waals surface area contributed by atoms with Crippen molar-refractivity contribution in [2.75, 3.05) is 13.1 Å². The van der Waals surface area contributed by atoms with Crippen LogP contribution in [0.2, 0.25) is 0 Å². The molecule has 3 aromatic rings. The summed E-state index contributed by atoms with van der Waals surface area (Å²) in [5.41, 5.74) is 3.82. The van der Waals surface area contributed by atoms with Crippen molar-refractivity contribution in [3.05, 3.63) is 35.7 Å². The van der Waals surface area contributed by atoms with Crippen molar-refractivity contribution < 1.29 is 0 Å². The van der Waals surface area contributed by atoms with E-state index in [1.165, 1.54) is 15.8 Å². The molecule has 0 bridgehead atoms. The highest BCUT2D eigenvalue weighted by Gasteiger charge is 2.19. The molecule has 0 amide bonds. The molecule has 0 unspecified atom stereocenters. The van der Waals surface area contributed by atoms with Crippen LogP contribution in [0.3, 0.4) is 0 Å².